The summed E-state index contributed by atoms with van der Waals surface area (Å²) in [7, 11) is 1.64. The number of hydrogen-bond donors (Lipinski definition) is 1. The molecule has 0 saturated heterocycles. The Morgan fingerprint density at radius 1 is 1.32 bits per heavy atom. The number of ether oxygens (including phenoxy) is 1. The highest BCUT2D eigenvalue weighted by atomic mass is 16.5. The van der Waals surface area contributed by atoms with Gasteiger partial charge in [-0.2, -0.15) is 0 Å². The van der Waals surface area contributed by atoms with Crippen molar-refractivity contribution in [1.82, 2.24) is 19.1 Å². The Morgan fingerprint density at radius 3 is 2.95 bits per heavy atom. The lowest BCUT2D eigenvalue weighted by molar-refractivity contribution is 0.415. The highest BCUT2D eigenvalue weighted by Gasteiger charge is 2.08. The van der Waals surface area contributed by atoms with Crippen molar-refractivity contribution in [1.29, 1.82) is 0 Å². The van der Waals surface area contributed by atoms with Crippen LogP contribution in [0.3, 0.4) is 0 Å². The second kappa shape index (κ2) is 4.64. The van der Waals surface area contributed by atoms with E-state index in [2.05, 4.69) is 9.97 Å². The molecule has 0 aliphatic rings. The number of rotatable bonds is 4. The largest absolute Gasteiger partial charge is 0.497 e. The zero-order chi connectivity index (χ0) is 13.2. The van der Waals surface area contributed by atoms with Crippen LogP contribution in [0.2, 0.25) is 0 Å². The second-order valence-corrected chi connectivity index (χ2v) is 4.28. The monoisotopic (exact) mass is 257 g/mol. The fourth-order valence-electron chi connectivity index (χ4n) is 2.12. The van der Waals surface area contributed by atoms with E-state index in [9.17, 15) is 0 Å². The molecule has 0 atom stereocenters. The van der Waals surface area contributed by atoms with Crippen molar-refractivity contribution in [3.63, 3.8) is 0 Å². The van der Waals surface area contributed by atoms with Gasteiger partial charge < -0.3 is 19.6 Å². The molecule has 3 rings (SSSR count). The number of nitrogen functional groups attached to an aromatic ring is 1. The molecule has 2 heterocycles. The van der Waals surface area contributed by atoms with E-state index in [1.807, 2.05) is 33.5 Å². The van der Waals surface area contributed by atoms with Crippen molar-refractivity contribution in [3.05, 3.63) is 36.9 Å². The zero-order valence-electron chi connectivity index (χ0n) is 10.7. The third-order valence-electron chi connectivity index (χ3n) is 3.13. The first-order chi connectivity index (χ1) is 9.28. The van der Waals surface area contributed by atoms with E-state index in [4.69, 9.17) is 10.5 Å². The zero-order valence-corrected chi connectivity index (χ0v) is 10.7. The van der Waals surface area contributed by atoms with E-state index in [0.717, 1.165) is 29.9 Å². The van der Waals surface area contributed by atoms with Crippen LogP contribution >= 0.6 is 0 Å². The molecule has 0 unspecified atom stereocenters. The molecule has 0 bridgehead atoms. The number of hydrogen-bond acceptors (Lipinski definition) is 4. The number of nitrogens with zero attached hydrogens (tertiary/aromatic N) is 4. The number of benzene rings is 1. The molecule has 0 amide bonds. The SMILES string of the molecule is COc1ccc2c(c1)nc(N)n2CCn1ccnc1. The smallest absolute Gasteiger partial charge is 0.201 e. The van der Waals surface area contributed by atoms with Gasteiger partial charge in [-0.1, -0.05) is 0 Å². The number of nitrogens with two attached hydrogens (primary N) is 1. The third kappa shape index (κ3) is 2.12. The number of imidazole rings is 2. The minimum absolute atomic E-state index is 0.517. The molecule has 2 N–H and O–H groups in total. The standard InChI is InChI=1S/C13H15N5O/c1-19-10-2-3-12-11(8-10)16-13(14)18(12)7-6-17-5-4-15-9-17/h2-5,8-9H,6-7H2,1H3,(H2,14,16). The van der Waals surface area contributed by atoms with Gasteiger partial charge in [-0.3, -0.25) is 0 Å². The molecule has 1 aromatic carbocycles. The van der Waals surface area contributed by atoms with Crippen LogP contribution in [-0.4, -0.2) is 26.2 Å². The topological polar surface area (TPSA) is 70.9 Å². The first-order valence-corrected chi connectivity index (χ1v) is 6.03. The van der Waals surface area contributed by atoms with Gasteiger partial charge >= 0.3 is 0 Å². The molecule has 6 heteroatoms. The Balaban J connectivity index is 1.92. The van der Waals surface area contributed by atoms with Gasteiger partial charge in [-0.05, 0) is 12.1 Å². The van der Waals surface area contributed by atoms with Gasteiger partial charge in [0.1, 0.15) is 5.75 Å². The van der Waals surface area contributed by atoms with Gasteiger partial charge in [-0.15, -0.1) is 0 Å². The molecular weight excluding hydrogens is 242 g/mol. The minimum Gasteiger partial charge on any atom is -0.497 e. The number of anilines is 1. The summed E-state index contributed by atoms with van der Waals surface area (Å²) in [6.45, 7) is 1.56. The molecule has 0 aliphatic carbocycles. The molecule has 19 heavy (non-hydrogen) atoms. The Labute approximate surface area is 110 Å². The van der Waals surface area contributed by atoms with E-state index < -0.39 is 0 Å². The van der Waals surface area contributed by atoms with E-state index in [0.29, 0.717) is 5.95 Å². The van der Waals surface area contributed by atoms with Gasteiger partial charge in [-0.25, -0.2) is 9.97 Å². The summed E-state index contributed by atoms with van der Waals surface area (Å²) in [5, 5.41) is 0. The van der Waals surface area contributed by atoms with Crippen LogP contribution in [0.4, 0.5) is 5.95 Å². The van der Waals surface area contributed by atoms with Crippen molar-refractivity contribution in [2.45, 2.75) is 13.1 Å². The van der Waals surface area contributed by atoms with Crippen LogP contribution in [0.5, 0.6) is 5.75 Å². The van der Waals surface area contributed by atoms with E-state index in [1.165, 1.54) is 0 Å². The predicted molar refractivity (Wildman–Crippen MR) is 72.9 cm³/mol. The number of aromatic nitrogens is 4. The van der Waals surface area contributed by atoms with Gasteiger partial charge in [0.15, 0.2) is 0 Å². The predicted octanol–water partition coefficient (Wildman–Crippen LogP) is 1.52. The van der Waals surface area contributed by atoms with Crippen LogP contribution in [0.25, 0.3) is 11.0 Å². The fraction of sp³-hybridized carbons (Fsp3) is 0.231. The summed E-state index contributed by atoms with van der Waals surface area (Å²) >= 11 is 0. The molecule has 0 aliphatic heterocycles. The number of fused-ring (bicyclic) bond motifs is 1. The molecule has 0 radical (unpaired) electrons. The van der Waals surface area contributed by atoms with Crippen molar-refractivity contribution in [2.75, 3.05) is 12.8 Å². The van der Waals surface area contributed by atoms with Crippen LogP contribution in [-0.2, 0) is 13.1 Å². The minimum atomic E-state index is 0.517. The molecule has 0 saturated carbocycles. The lowest BCUT2D eigenvalue weighted by atomic mass is 10.3. The quantitative estimate of drug-likeness (QED) is 0.769. The maximum atomic E-state index is 5.97. The molecule has 6 nitrogen and oxygen atoms in total. The third-order valence-corrected chi connectivity index (χ3v) is 3.13. The van der Waals surface area contributed by atoms with E-state index in [-0.39, 0.29) is 0 Å². The normalized spacial score (nSPS) is 11.0. The Hall–Kier alpha value is -2.50. The average molecular weight is 257 g/mol. The lowest BCUT2D eigenvalue weighted by Gasteiger charge is -2.07. The maximum Gasteiger partial charge on any atom is 0.201 e. The summed E-state index contributed by atoms with van der Waals surface area (Å²) in [6, 6.07) is 5.78. The fourth-order valence-corrected chi connectivity index (χ4v) is 2.12. The first-order valence-electron chi connectivity index (χ1n) is 6.03. The molecular formula is C13H15N5O. The number of aryl methyl sites for hydroxylation is 2. The van der Waals surface area contributed by atoms with Gasteiger partial charge in [0.25, 0.3) is 0 Å². The van der Waals surface area contributed by atoms with Crippen molar-refractivity contribution in [3.8, 4) is 5.75 Å². The second-order valence-electron chi connectivity index (χ2n) is 4.28. The van der Waals surface area contributed by atoms with Gasteiger partial charge in [0, 0.05) is 31.5 Å². The van der Waals surface area contributed by atoms with E-state index >= 15 is 0 Å². The Morgan fingerprint density at radius 2 is 2.21 bits per heavy atom. The van der Waals surface area contributed by atoms with Gasteiger partial charge in [0.05, 0.1) is 24.5 Å². The molecule has 0 spiro atoms. The lowest BCUT2D eigenvalue weighted by Crippen LogP contribution is -2.08. The molecule has 2 aromatic heterocycles. The summed E-state index contributed by atoms with van der Waals surface area (Å²) in [4.78, 5) is 8.38. The summed E-state index contributed by atoms with van der Waals surface area (Å²) in [5.41, 5.74) is 7.83. The average Bonchev–Trinajstić information content (AvgIpc) is 3.02. The number of methoxy groups -OCH3 is 1. The van der Waals surface area contributed by atoms with Crippen molar-refractivity contribution in [2.24, 2.45) is 0 Å². The summed E-state index contributed by atoms with van der Waals surface area (Å²) in [5.74, 6) is 1.30. The highest BCUT2D eigenvalue weighted by Crippen LogP contribution is 2.22. The molecule has 0 fully saturated rings. The summed E-state index contributed by atoms with van der Waals surface area (Å²) < 4.78 is 9.19. The first kappa shape index (κ1) is 11.6. The van der Waals surface area contributed by atoms with Gasteiger partial charge in [0.2, 0.25) is 5.95 Å². The van der Waals surface area contributed by atoms with Crippen molar-refractivity contribution < 1.29 is 4.74 Å². The summed E-state index contributed by atoms with van der Waals surface area (Å²) in [6.07, 6.45) is 5.48. The Kier molecular flexibility index (Phi) is 2.83. The van der Waals surface area contributed by atoms with Crippen LogP contribution in [0.15, 0.2) is 36.9 Å². The highest BCUT2D eigenvalue weighted by molar-refractivity contribution is 5.79. The van der Waals surface area contributed by atoms with Crippen molar-refractivity contribution >= 4 is 17.0 Å². The van der Waals surface area contributed by atoms with Crippen LogP contribution < -0.4 is 10.5 Å². The van der Waals surface area contributed by atoms with Crippen LogP contribution in [0, 0.1) is 0 Å². The maximum absolute atomic E-state index is 5.97. The molecule has 98 valence electrons. The van der Waals surface area contributed by atoms with E-state index in [1.54, 1.807) is 19.6 Å². The van der Waals surface area contributed by atoms with Crippen LogP contribution in [0.1, 0.15) is 0 Å². The molecule has 3 aromatic rings. The Bertz CT molecular complexity index is 686.